The number of anilines is 1. The summed E-state index contributed by atoms with van der Waals surface area (Å²) < 4.78 is 32.2. The highest BCUT2D eigenvalue weighted by Gasteiger charge is 2.25. The van der Waals surface area contributed by atoms with Gasteiger partial charge in [-0.25, -0.2) is 13.2 Å². The molecule has 0 aliphatic heterocycles. The zero-order valence-corrected chi connectivity index (χ0v) is 26.8. The summed E-state index contributed by atoms with van der Waals surface area (Å²) in [5.41, 5.74) is 3.73. The third-order valence-corrected chi connectivity index (χ3v) is 8.92. The number of sulfone groups is 1. The van der Waals surface area contributed by atoms with Crippen LogP contribution in [-0.2, 0) is 25.8 Å². The van der Waals surface area contributed by atoms with Crippen molar-refractivity contribution in [3.63, 3.8) is 0 Å². The highest BCUT2D eigenvalue weighted by Crippen LogP contribution is 2.30. The third kappa shape index (κ3) is 8.23. The Bertz CT molecular complexity index is 2010. The molecule has 2 amide bonds. The predicted octanol–water partition coefficient (Wildman–Crippen LogP) is 4.86. The fraction of sp³-hybridized carbons (Fsp3) is 0.156. The highest BCUT2D eigenvalue weighted by atomic mass is 35.5. The molecule has 47 heavy (non-hydrogen) atoms. The number of hydrogen-bond acceptors (Lipinski definition) is 10. The number of ether oxygens (including phenoxy) is 1. The van der Waals surface area contributed by atoms with Crippen molar-refractivity contribution in [2.75, 3.05) is 18.2 Å². The Kier molecular flexibility index (Phi) is 10.3. The van der Waals surface area contributed by atoms with E-state index in [1.165, 1.54) is 31.1 Å². The number of carbonyl (C=O) groups is 2. The lowest BCUT2D eigenvalue weighted by Gasteiger charge is -2.19. The van der Waals surface area contributed by atoms with Gasteiger partial charge in [-0.2, -0.15) is 9.78 Å². The Labute approximate surface area is 275 Å². The number of carbonyl (C=O) groups excluding carboxylic acids is 2. The second-order valence-corrected chi connectivity index (χ2v) is 12.8. The van der Waals surface area contributed by atoms with Gasteiger partial charge < -0.3 is 10.1 Å². The minimum Gasteiger partial charge on any atom is -0.453 e. The van der Waals surface area contributed by atoms with Crippen LogP contribution in [0.5, 0.6) is 0 Å². The third-order valence-electron chi connectivity index (χ3n) is 7.04. The molecule has 2 heterocycles. The molecular weight excluding hydrogens is 644 g/mol. The standard InChI is InChI=1S/C32H29ClN8O5S/c1-3-47(44,45)31-26(22-9-13-25(14-10-22)35-32(43)46-2)19-28(37-38-31)27(17-21-7-5-4-6-8-21)36-30(42)16-11-23-18-24(33)12-15-29(23)41-20-34-39-40-41/h4-16,18-20,27H,3,17H2,1-2H3,(H,35,43)(H,36,42)/b16-11+. The molecule has 3 aromatic carbocycles. The molecule has 240 valence electrons. The number of benzene rings is 3. The van der Waals surface area contributed by atoms with Crippen LogP contribution < -0.4 is 10.6 Å². The van der Waals surface area contributed by atoms with E-state index in [0.29, 0.717) is 45.2 Å². The van der Waals surface area contributed by atoms with Gasteiger partial charge in [0.2, 0.25) is 5.91 Å². The molecular formula is C32H29ClN8O5S. The largest absolute Gasteiger partial charge is 0.453 e. The summed E-state index contributed by atoms with van der Waals surface area (Å²) in [6.45, 7) is 1.52. The number of tetrazole rings is 1. The van der Waals surface area contributed by atoms with Crippen LogP contribution in [0.4, 0.5) is 10.5 Å². The number of hydrogen-bond donors (Lipinski definition) is 2. The normalized spacial score (nSPS) is 12.1. The van der Waals surface area contributed by atoms with Gasteiger partial charge >= 0.3 is 6.09 Å². The smallest absolute Gasteiger partial charge is 0.411 e. The van der Waals surface area contributed by atoms with Gasteiger partial charge in [0.15, 0.2) is 14.9 Å². The molecule has 0 radical (unpaired) electrons. The molecule has 0 aliphatic carbocycles. The summed E-state index contributed by atoms with van der Waals surface area (Å²) in [7, 11) is -2.54. The van der Waals surface area contributed by atoms with Crippen LogP contribution in [0.2, 0.25) is 5.02 Å². The number of nitrogens with one attached hydrogen (secondary N) is 2. The maximum absolute atomic E-state index is 13.4. The molecule has 15 heteroatoms. The second kappa shape index (κ2) is 14.7. The molecule has 0 saturated carbocycles. The van der Waals surface area contributed by atoms with Crippen molar-refractivity contribution in [2.45, 2.75) is 24.4 Å². The topological polar surface area (TPSA) is 171 Å². The predicted molar refractivity (Wildman–Crippen MR) is 175 cm³/mol. The fourth-order valence-corrected chi connectivity index (χ4v) is 5.78. The van der Waals surface area contributed by atoms with E-state index in [4.69, 9.17) is 11.6 Å². The van der Waals surface area contributed by atoms with Crippen LogP contribution in [0.15, 0.2) is 96.3 Å². The van der Waals surface area contributed by atoms with Gasteiger partial charge in [-0.15, -0.1) is 10.2 Å². The van der Waals surface area contributed by atoms with E-state index in [9.17, 15) is 18.0 Å². The molecule has 2 N–H and O–H groups in total. The summed E-state index contributed by atoms with van der Waals surface area (Å²) in [5.74, 6) is -0.637. The number of rotatable bonds is 11. The minimum atomic E-state index is -3.79. The molecule has 1 unspecified atom stereocenters. The van der Waals surface area contributed by atoms with Crippen molar-refractivity contribution < 1.29 is 22.7 Å². The Morgan fingerprint density at radius 1 is 1.02 bits per heavy atom. The van der Waals surface area contributed by atoms with Crippen molar-refractivity contribution in [1.82, 2.24) is 35.7 Å². The van der Waals surface area contributed by atoms with Gasteiger partial charge in [0.25, 0.3) is 0 Å². The van der Waals surface area contributed by atoms with Crippen molar-refractivity contribution >= 4 is 45.2 Å². The Balaban J connectivity index is 1.51. The van der Waals surface area contributed by atoms with E-state index in [2.05, 4.69) is 41.1 Å². The van der Waals surface area contributed by atoms with Gasteiger partial charge in [0, 0.05) is 27.9 Å². The van der Waals surface area contributed by atoms with Crippen LogP contribution >= 0.6 is 11.6 Å². The van der Waals surface area contributed by atoms with Crippen LogP contribution in [0.25, 0.3) is 22.9 Å². The van der Waals surface area contributed by atoms with Crippen LogP contribution in [0.1, 0.15) is 29.8 Å². The quantitative estimate of drug-likeness (QED) is 0.185. The van der Waals surface area contributed by atoms with Gasteiger partial charge in [-0.1, -0.05) is 61.0 Å². The molecule has 13 nitrogen and oxygen atoms in total. The van der Waals surface area contributed by atoms with E-state index < -0.39 is 27.9 Å². The van der Waals surface area contributed by atoms with E-state index in [1.807, 2.05) is 30.3 Å². The van der Waals surface area contributed by atoms with Gasteiger partial charge in [-0.3, -0.25) is 10.1 Å². The first-order valence-corrected chi connectivity index (χ1v) is 16.3. The van der Waals surface area contributed by atoms with Crippen molar-refractivity contribution in [1.29, 1.82) is 0 Å². The monoisotopic (exact) mass is 672 g/mol. The summed E-state index contributed by atoms with van der Waals surface area (Å²) in [6.07, 6.45) is 4.07. The fourth-order valence-electron chi connectivity index (χ4n) is 4.64. The Hall–Kier alpha value is -5.47. The molecule has 0 bridgehead atoms. The van der Waals surface area contributed by atoms with E-state index in [1.54, 1.807) is 54.6 Å². The van der Waals surface area contributed by atoms with Gasteiger partial charge in [0.05, 0.1) is 30.3 Å². The van der Waals surface area contributed by atoms with Crippen LogP contribution in [-0.4, -0.2) is 63.7 Å². The Morgan fingerprint density at radius 2 is 1.79 bits per heavy atom. The first kappa shape index (κ1) is 32.9. The average Bonchev–Trinajstić information content (AvgIpc) is 3.62. The van der Waals surface area contributed by atoms with Crippen molar-refractivity contribution in [3.8, 4) is 16.8 Å². The maximum Gasteiger partial charge on any atom is 0.411 e. The molecule has 5 aromatic rings. The molecule has 0 aliphatic rings. The molecule has 5 rings (SSSR count). The van der Waals surface area contributed by atoms with Crippen molar-refractivity contribution in [2.24, 2.45) is 0 Å². The number of aromatic nitrogens is 6. The first-order chi connectivity index (χ1) is 22.7. The first-order valence-electron chi connectivity index (χ1n) is 14.3. The molecule has 0 spiro atoms. The number of nitrogens with zero attached hydrogens (tertiary/aromatic N) is 6. The molecule has 1 atom stereocenters. The lowest BCUT2D eigenvalue weighted by Crippen LogP contribution is -2.29. The zero-order chi connectivity index (χ0) is 33.4. The SMILES string of the molecule is CCS(=O)(=O)c1nnc(C(Cc2ccccc2)NC(=O)/C=C/c2cc(Cl)ccc2-n2cnnn2)cc1-c1ccc(NC(=O)OC)cc1. The number of halogens is 1. The minimum absolute atomic E-state index is 0.193. The summed E-state index contributed by atoms with van der Waals surface area (Å²) in [6, 6.07) is 22.0. The Morgan fingerprint density at radius 3 is 2.47 bits per heavy atom. The molecule has 2 aromatic heterocycles. The van der Waals surface area contributed by atoms with Gasteiger partial charge in [0.1, 0.15) is 6.33 Å². The summed E-state index contributed by atoms with van der Waals surface area (Å²) in [4.78, 5) is 25.0. The highest BCUT2D eigenvalue weighted by molar-refractivity contribution is 7.91. The van der Waals surface area contributed by atoms with Crippen LogP contribution in [0.3, 0.4) is 0 Å². The zero-order valence-electron chi connectivity index (χ0n) is 25.2. The van der Waals surface area contributed by atoms with E-state index in [0.717, 1.165) is 5.56 Å². The average molecular weight is 673 g/mol. The van der Waals surface area contributed by atoms with Crippen molar-refractivity contribution in [3.05, 3.63) is 113 Å². The van der Waals surface area contributed by atoms with Gasteiger partial charge in [-0.05, 0) is 70.4 Å². The number of methoxy groups -OCH3 is 1. The second-order valence-electron chi connectivity index (χ2n) is 10.1. The van der Waals surface area contributed by atoms with E-state index >= 15 is 0 Å². The number of amides is 2. The molecule has 0 fully saturated rings. The van der Waals surface area contributed by atoms with Crippen LogP contribution in [0, 0.1) is 0 Å². The lowest BCUT2D eigenvalue weighted by molar-refractivity contribution is -0.117. The summed E-state index contributed by atoms with van der Waals surface area (Å²) in [5, 5.41) is 25.5. The maximum atomic E-state index is 13.4. The lowest BCUT2D eigenvalue weighted by atomic mass is 10.00. The summed E-state index contributed by atoms with van der Waals surface area (Å²) >= 11 is 6.23. The van der Waals surface area contributed by atoms with E-state index in [-0.39, 0.29) is 10.8 Å². The molecule has 0 saturated heterocycles.